The molecule has 18 heavy (non-hydrogen) atoms. The lowest BCUT2D eigenvalue weighted by Crippen LogP contribution is -2.24. The Balaban J connectivity index is 4.24. The van der Waals surface area contributed by atoms with E-state index in [-0.39, 0.29) is 0 Å². The number of nitrogens with zero attached hydrogens (tertiary/aromatic N) is 3. The minimum Gasteiger partial charge on any atom is -0.350 e. The maximum absolute atomic E-state index is 8.56. The van der Waals surface area contributed by atoms with E-state index in [0.29, 0.717) is 0 Å². The lowest BCUT2D eigenvalue weighted by Gasteiger charge is -2.16. The van der Waals surface area contributed by atoms with Crippen LogP contribution in [-0.4, -0.2) is 29.9 Å². The van der Waals surface area contributed by atoms with E-state index in [4.69, 9.17) is 5.26 Å². The van der Waals surface area contributed by atoms with Crippen LogP contribution in [0.15, 0.2) is 28.3 Å². The fourth-order valence-electron chi connectivity index (χ4n) is 1.39. The van der Waals surface area contributed by atoms with Gasteiger partial charge in [0, 0.05) is 13.6 Å². The number of likely N-dealkylation sites (N-methyl/N-ethyl adjacent to an activating group) is 1. The van der Waals surface area contributed by atoms with Gasteiger partial charge in [-0.1, -0.05) is 35.1 Å². The first kappa shape index (κ1) is 16.8. The molecule has 0 spiro atoms. The smallest absolute Gasteiger partial charge is 0.208 e. The van der Waals surface area contributed by atoms with Crippen molar-refractivity contribution in [1.82, 2.24) is 4.90 Å². The van der Waals surface area contributed by atoms with Crippen LogP contribution in [0.2, 0.25) is 0 Å². The summed E-state index contributed by atoms with van der Waals surface area (Å²) in [7, 11) is 1.95. The van der Waals surface area contributed by atoms with Gasteiger partial charge in [0.15, 0.2) is 5.17 Å². The maximum Gasteiger partial charge on any atom is 0.208 e. The Bertz CT molecular complexity index is 371. The van der Waals surface area contributed by atoms with Crippen molar-refractivity contribution >= 4 is 16.9 Å². The molecule has 0 unspecified atom stereocenters. The van der Waals surface area contributed by atoms with E-state index in [9.17, 15) is 0 Å². The number of nitriles is 1. The van der Waals surface area contributed by atoms with Crippen LogP contribution in [0.1, 0.15) is 33.6 Å². The second kappa shape index (κ2) is 9.78. The second-order valence-corrected chi connectivity index (χ2v) is 5.22. The Labute approximate surface area is 115 Å². The highest BCUT2D eigenvalue weighted by atomic mass is 32.2. The van der Waals surface area contributed by atoms with Crippen LogP contribution < -0.4 is 0 Å². The van der Waals surface area contributed by atoms with E-state index in [1.807, 2.05) is 24.4 Å². The molecule has 0 saturated heterocycles. The normalized spacial score (nSPS) is 12.0. The summed E-state index contributed by atoms with van der Waals surface area (Å²) in [5.41, 5.74) is 2.74. The molecule has 0 fully saturated rings. The third-order valence-electron chi connectivity index (χ3n) is 2.46. The van der Waals surface area contributed by atoms with Crippen LogP contribution in [0.4, 0.5) is 0 Å². The first-order valence-electron chi connectivity index (χ1n) is 6.02. The predicted octanol–water partition coefficient (Wildman–Crippen LogP) is 3.81. The zero-order valence-corrected chi connectivity index (χ0v) is 12.8. The molecule has 3 nitrogen and oxygen atoms in total. The van der Waals surface area contributed by atoms with Crippen LogP contribution in [0, 0.1) is 11.5 Å². The number of allylic oxidation sites excluding steroid dienone is 3. The number of hydrogen-bond donors (Lipinski definition) is 0. The monoisotopic (exact) mass is 265 g/mol. The third-order valence-corrected chi connectivity index (χ3v) is 3.23. The predicted molar refractivity (Wildman–Crippen MR) is 81.6 cm³/mol. The number of hydrogen-bond acceptors (Lipinski definition) is 3. The lowest BCUT2D eigenvalue weighted by molar-refractivity contribution is 0.573. The average molecular weight is 265 g/mol. The molecule has 0 aliphatic heterocycles. The molecule has 0 saturated carbocycles. The van der Waals surface area contributed by atoms with Crippen LogP contribution >= 0.6 is 11.8 Å². The summed E-state index contributed by atoms with van der Waals surface area (Å²) < 4.78 is 0. The molecule has 0 heterocycles. The highest BCUT2D eigenvalue weighted by Gasteiger charge is 2.03. The molecule has 0 bridgehead atoms. The van der Waals surface area contributed by atoms with Crippen LogP contribution in [-0.2, 0) is 0 Å². The van der Waals surface area contributed by atoms with Crippen LogP contribution in [0.5, 0.6) is 0 Å². The van der Waals surface area contributed by atoms with E-state index >= 15 is 0 Å². The second-order valence-electron chi connectivity index (χ2n) is 4.45. The minimum absolute atomic E-state index is 0.755. The molecule has 0 aliphatic rings. The highest BCUT2D eigenvalue weighted by molar-refractivity contribution is 8.13. The summed E-state index contributed by atoms with van der Waals surface area (Å²) in [5, 5.41) is 9.32. The van der Waals surface area contributed by atoms with Crippen molar-refractivity contribution in [1.29, 1.82) is 5.26 Å². The van der Waals surface area contributed by atoms with Gasteiger partial charge in [0.2, 0.25) is 6.19 Å². The van der Waals surface area contributed by atoms with Gasteiger partial charge in [-0.2, -0.15) is 5.26 Å². The van der Waals surface area contributed by atoms with E-state index in [1.165, 1.54) is 22.9 Å². The highest BCUT2D eigenvalue weighted by Crippen LogP contribution is 2.08. The minimum atomic E-state index is 0.755. The Morgan fingerprint density at radius 3 is 2.50 bits per heavy atom. The molecule has 0 aromatic heterocycles. The number of thioether (sulfide) groups is 1. The van der Waals surface area contributed by atoms with Gasteiger partial charge in [-0.15, -0.1) is 4.99 Å². The van der Waals surface area contributed by atoms with Gasteiger partial charge < -0.3 is 4.90 Å². The number of rotatable bonds is 5. The molecule has 0 aromatic carbocycles. The summed E-state index contributed by atoms with van der Waals surface area (Å²) in [6.07, 6.45) is 10.4. The molecular formula is C14H23N3S. The zero-order chi connectivity index (χ0) is 14.0. The van der Waals surface area contributed by atoms with E-state index in [1.54, 1.807) is 0 Å². The van der Waals surface area contributed by atoms with Gasteiger partial charge in [-0.3, -0.25) is 0 Å². The molecule has 100 valence electrons. The first-order valence-corrected chi connectivity index (χ1v) is 7.24. The molecule has 0 amide bonds. The first-order chi connectivity index (χ1) is 8.51. The summed E-state index contributed by atoms with van der Waals surface area (Å²) in [6.45, 7) is 7.18. The largest absolute Gasteiger partial charge is 0.350 e. The molecule has 0 aliphatic carbocycles. The van der Waals surface area contributed by atoms with Gasteiger partial charge in [0.25, 0.3) is 0 Å². The molecule has 4 heteroatoms. The van der Waals surface area contributed by atoms with Crippen molar-refractivity contribution in [2.24, 2.45) is 4.99 Å². The van der Waals surface area contributed by atoms with Crippen LogP contribution in [0.3, 0.4) is 0 Å². The van der Waals surface area contributed by atoms with Crippen molar-refractivity contribution in [3.63, 3.8) is 0 Å². The van der Waals surface area contributed by atoms with Gasteiger partial charge in [-0.25, -0.2) is 0 Å². The summed E-state index contributed by atoms with van der Waals surface area (Å²) in [4.78, 5) is 5.76. The fourth-order valence-corrected chi connectivity index (χ4v) is 1.91. The quantitative estimate of drug-likeness (QED) is 0.328. The SMILES string of the molecule is CSC(=NC#N)N(C)C/C=C(\C)CCC=C(C)C. The van der Waals surface area contributed by atoms with Gasteiger partial charge in [-0.05, 0) is 39.9 Å². The Hall–Kier alpha value is -1.21. The number of amidine groups is 1. The van der Waals surface area contributed by atoms with Gasteiger partial charge >= 0.3 is 0 Å². The summed E-state index contributed by atoms with van der Waals surface area (Å²) in [5.74, 6) is 0. The molecule has 0 radical (unpaired) electrons. The fraction of sp³-hybridized carbons (Fsp3) is 0.571. The average Bonchev–Trinajstić information content (AvgIpc) is 2.32. The third kappa shape index (κ3) is 7.97. The van der Waals surface area contributed by atoms with Crippen LogP contribution in [0.25, 0.3) is 0 Å². The van der Waals surface area contributed by atoms with Gasteiger partial charge in [0.05, 0.1) is 0 Å². The zero-order valence-electron chi connectivity index (χ0n) is 12.0. The van der Waals surface area contributed by atoms with Crippen molar-refractivity contribution < 1.29 is 0 Å². The Morgan fingerprint density at radius 2 is 2.00 bits per heavy atom. The molecule has 0 N–H and O–H groups in total. The van der Waals surface area contributed by atoms with E-state index in [0.717, 1.165) is 24.6 Å². The van der Waals surface area contributed by atoms with E-state index < -0.39 is 0 Å². The lowest BCUT2D eigenvalue weighted by atomic mass is 10.1. The maximum atomic E-state index is 8.56. The Kier molecular flexibility index (Phi) is 9.13. The standard InChI is InChI=1S/C14H23N3S/c1-12(2)7-6-8-13(3)9-10-17(4)14(18-5)16-11-15/h7,9H,6,8,10H2,1-5H3/b13-9+,16-14?. The summed E-state index contributed by atoms with van der Waals surface area (Å²) in [6, 6.07) is 0. The molecule has 0 rings (SSSR count). The molecule has 0 aromatic rings. The van der Waals surface area contributed by atoms with E-state index in [2.05, 4.69) is 37.9 Å². The van der Waals surface area contributed by atoms with Crippen molar-refractivity contribution in [3.05, 3.63) is 23.3 Å². The topological polar surface area (TPSA) is 39.4 Å². The molecule has 0 atom stereocenters. The number of aliphatic imine (C=N–C) groups is 1. The van der Waals surface area contributed by atoms with Crippen molar-refractivity contribution in [2.45, 2.75) is 33.6 Å². The van der Waals surface area contributed by atoms with Crippen molar-refractivity contribution in [3.8, 4) is 6.19 Å². The van der Waals surface area contributed by atoms with Gasteiger partial charge in [0.1, 0.15) is 0 Å². The Morgan fingerprint density at radius 1 is 1.33 bits per heavy atom. The summed E-state index contributed by atoms with van der Waals surface area (Å²) >= 11 is 1.49. The molecular weight excluding hydrogens is 242 g/mol. The van der Waals surface area contributed by atoms with Crippen molar-refractivity contribution in [2.75, 3.05) is 19.8 Å².